The number of nitrogens with one attached hydrogen (secondary N) is 1. The Morgan fingerprint density at radius 3 is 2.76 bits per heavy atom. The maximum atomic E-state index is 12.7. The monoisotopic (exact) mass is 409 g/mol. The maximum absolute atomic E-state index is 12.7. The number of carbonyl (C=O) groups excluding carboxylic acids is 1. The van der Waals surface area contributed by atoms with Crippen LogP contribution in [0.4, 0.5) is 5.69 Å². The van der Waals surface area contributed by atoms with Crippen LogP contribution < -0.4 is 11.0 Å². The molecule has 0 bridgehead atoms. The second kappa shape index (κ2) is 8.69. The van der Waals surface area contributed by atoms with Crippen LogP contribution in [0.5, 0.6) is 0 Å². The first kappa shape index (κ1) is 19.5. The lowest BCUT2D eigenvalue weighted by molar-refractivity contribution is -0.113. The average molecular weight is 410 g/mol. The molecule has 0 spiro atoms. The van der Waals surface area contributed by atoms with Gasteiger partial charge in [-0.25, -0.2) is 4.79 Å². The normalized spacial score (nSPS) is 13.1. The lowest BCUT2D eigenvalue weighted by Crippen LogP contribution is -2.30. The molecule has 150 valence electrons. The van der Waals surface area contributed by atoms with E-state index < -0.39 is 0 Å². The molecule has 0 aliphatic heterocycles. The van der Waals surface area contributed by atoms with E-state index in [4.69, 9.17) is 4.42 Å². The highest BCUT2D eigenvalue weighted by Crippen LogP contribution is 2.29. The molecular formula is C22H23N3O3S. The number of thioether (sulfide) groups is 1. The van der Waals surface area contributed by atoms with Crippen LogP contribution in [0.2, 0.25) is 0 Å². The molecule has 2 heterocycles. The molecular weight excluding hydrogens is 386 g/mol. The van der Waals surface area contributed by atoms with E-state index in [1.807, 2.05) is 43.3 Å². The molecule has 0 fully saturated rings. The number of furan rings is 1. The molecule has 0 saturated carbocycles. The molecule has 0 atom stereocenters. The number of carbonyl (C=O) groups is 1. The Morgan fingerprint density at radius 1 is 1.21 bits per heavy atom. The van der Waals surface area contributed by atoms with Crippen molar-refractivity contribution in [1.29, 1.82) is 0 Å². The Labute approximate surface area is 173 Å². The van der Waals surface area contributed by atoms with Crippen LogP contribution in [0, 0.1) is 6.92 Å². The largest absolute Gasteiger partial charge is 0.467 e. The van der Waals surface area contributed by atoms with Gasteiger partial charge in [0.25, 0.3) is 0 Å². The summed E-state index contributed by atoms with van der Waals surface area (Å²) in [6.45, 7) is 2.39. The number of aryl methyl sites for hydroxylation is 1. The number of hydrogen-bond donors (Lipinski definition) is 1. The van der Waals surface area contributed by atoms with Crippen molar-refractivity contribution in [3.05, 3.63) is 75.7 Å². The van der Waals surface area contributed by atoms with Gasteiger partial charge in [0.05, 0.1) is 18.6 Å². The van der Waals surface area contributed by atoms with Crippen molar-refractivity contribution < 1.29 is 9.21 Å². The molecule has 0 unspecified atom stereocenters. The van der Waals surface area contributed by atoms with Crippen molar-refractivity contribution in [2.24, 2.45) is 0 Å². The number of rotatable bonds is 6. The van der Waals surface area contributed by atoms with E-state index in [2.05, 4.69) is 10.3 Å². The molecule has 7 heteroatoms. The Kier molecular flexibility index (Phi) is 5.85. The van der Waals surface area contributed by atoms with Crippen molar-refractivity contribution in [2.75, 3.05) is 11.1 Å². The number of hydrogen-bond acceptors (Lipinski definition) is 5. The highest BCUT2D eigenvalue weighted by Gasteiger charge is 2.21. The molecule has 1 amide bonds. The van der Waals surface area contributed by atoms with Crippen molar-refractivity contribution in [3.63, 3.8) is 0 Å². The van der Waals surface area contributed by atoms with Crippen LogP contribution in [0.3, 0.4) is 0 Å². The summed E-state index contributed by atoms with van der Waals surface area (Å²) in [7, 11) is 0. The van der Waals surface area contributed by atoms with Gasteiger partial charge in [-0.1, -0.05) is 29.5 Å². The molecule has 1 N–H and O–H groups in total. The third-order valence-corrected chi connectivity index (χ3v) is 6.04. The zero-order valence-electron chi connectivity index (χ0n) is 16.3. The summed E-state index contributed by atoms with van der Waals surface area (Å²) < 4.78 is 7.12. The quantitative estimate of drug-likeness (QED) is 0.495. The second-order valence-electron chi connectivity index (χ2n) is 7.20. The lowest BCUT2D eigenvalue weighted by Gasteiger charge is -2.22. The molecule has 4 rings (SSSR count). The van der Waals surface area contributed by atoms with Gasteiger partial charge in [0, 0.05) is 16.9 Å². The number of benzene rings is 1. The molecule has 0 radical (unpaired) electrons. The zero-order valence-corrected chi connectivity index (χ0v) is 17.1. The van der Waals surface area contributed by atoms with Crippen LogP contribution in [0.15, 0.2) is 56.9 Å². The van der Waals surface area contributed by atoms with Gasteiger partial charge < -0.3 is 9.73 Å². The fraction of sp³-hybridized carbons (Fsp3) is 0.318. The first-order chi connectivity index (χ1) is 14.1. The molecule has 1 aromatic carbocycles. The van der Waals surface area contributed by atoms with Crippen LogP contribution in [0.1, 0.15) is 35.4 Å². The fourth-order valence-corrected chi connectivity index (χ4v) is 4.43. The number of fused-ring (bicyclic) bond motifs is 1. The fourth-order valence-electron chi connectivity index (χ4n) is 3.56. The number of nitrogens with zero attached hydrogens (tertiary/aromatic N) is 2. The number of anilines is 1. The average Bonchev–Trinajstić information content (AvgIpc) is 3.24. The van der Waals surface area contributed by atoms with Crippen molar-refractivity contribution in [1.82, 2.24) is 9.55 Å². The smallest absolute Gasteiger partial charge is 0.349 e. The SMILES string of the molecule is Cc1ccc(NC(=O)CSc2nc(=O)n(Cc3ccco3)c3c2CCCC3)cc1. The number of amides is 1. The molecule has 1 aliphatic carbocycles. The first-order valence-corrected chi connectivity index (χ1v) is 10.7. The Bertz CT molecular complexity index is 1060. The summed E-state index contributed by atoms with van der Waals surface area (Å²) in [5.41, 5.74) is 3.74. The van der Waals surface area contributed by atoms with Gasteiger partial charge in [-0.3, -0.25) is 9.36 Å². The molecule has 6 nitrogen and oxygen atoms in total. The molecule has 29 heavy (non-hydrogen) atoms. The Hall–Kier alpha value is -2.80. The zero-order chi connectivity index (χ0) is 20.2. The predicted octanol–water partition coefficient (Wildman–Crippen LogP) is 3.80. The van der Waals surface area contributed by atoms with Crippen molar-refractivity contribution in [3.8, 4) is 0 Å². The highest BCUT2D eigenvalue weighted by atomic mass is 32.2. The van der Waals surface area contributed by atoms with Gasteiger partial charge in [-0.05, 0) is 56.9 Å². The van der Waals surface area contributed by atoms with Crippen molar-refractivity contribution in [2.45, 2.75) is 44.2 Å². The minimum Gasteiger partial charge on any atom is -0.467 e. The van der Waals surface area contributed by atoms with Crippen LogP contribution in [0.25, 0.3) is 0 Å². The summed E-state index contributed by atoms with van der Waals surface area (Å²) in [6.07, 6.45) is 5.44. The minimum atomic E-state index is -0.288. The highest BCUT2D eigenvalue weighted by molar-refractivity contribution is 8.00. The molecule has 3 aromatic rings. The summed E-state index contributed by atoms with van der Waals surface area (Å²) in [6, 6.07) is 11.4. The summed E-state index contributed by atoms with van der Waals surface area (Å²) in [5.74, 6) is 0.846. The van der Waals surface area contributed by atoms with Gasteiger partial charge in [-0.15, -0.1) is 0 Å². The summed E-state index contributed by atoms with van der Waals surface area (Å²) in [5, 5.41) is 3.57. The van der Waals surface area contributed by atoms with E-state index in [1.165, 1.54) is 11.8 Å². The maximum Gasteiger partial charge on any atom is 0.349 e. The molecule has 2 aromatic heterocycles. The lowest BCUT2D eigenvalue weighted by atomic mass is 9.97. The minimum absolute atomic E-state index is 0.107. The van der Waals surface area contributed by atoms with Gasteiger partial charge >= 0.3 is 5.69 Å². The van der Waals surface area contributed by atoms with Gasteiger partial charge in [-0.2, -0.15) is 4.98 Å². The molecule has 0 saturated heterocycles. The van der Waals surface area contributed by atoms with Crippen LogP contribution in [-0.2, 0) is 24.2 Å². The Balaban J connectivity index is 1.51. The van der Waals surface area contributed by atoms with E-state index in [0.29, 0.717) is 11.6 Å². The van der Waals surface area contributed by atoms with E-state index >= 15 is 0 Å². The summed E-state index contributed by atoms with van der Waals surface area (Å²) in [4.78, 5) is 29.4. The van der Waals surface area contributed by atoms with Gasteiger partial charge in [0.15, 0.2) is 0 Å². The van der Waals surface area contributed by atoms with E-state index in [0.717, 1.165) is 54.0 Å². The third kappa shape index (κ3) is 4.62. The van der Waals surface area contributed by atoms with Crippen molar-refractivity contribution >= 4 is 23.4 Å². The van der Waals surface area contributed by atoms with Gasteiger partial charge in [0.1, 0.15) is 10.8 Å². The summed E-state index contributed by atoms with van der Waals surface area (Å²) >= 11 is 1.34. The Morgan fingerprint density at radius 2 is 2.00 bits per heavy atom. The second-order valence-corrected chi connectivity index (χ2v) is 8.16. The standard InChI is InChI=1S/C22H23N3O3S/c1-15-8-10-16(11-9-15)23-20(26)14-29-21-18-6-2-3-7-19(18)25(22(27)24-21)13-17-5-4-12-28-17/h4-5,8-12H,2-3,6-7,13-14H2,1H3,(H,23,26). The molecule has 1 aliphatic rings. The number of aromatic nitrogens is 2. The first-order valence-electron chi connectivity index (χ1n) is 9.74. The predicted molar refractivity (Wildman–Crippen MR) is 113 cm³/mol. The van der Waals surface area contributed by atoms with Crippen LogP contribution >= 0.6 is 11.8 Å². The van der Waals surface area contributed by atoms with Crippen LogP contribution in [-0.4, -0.2) is 21.2 Å². The topological polar surface area (TPSA) is 77.1 Å². The van der Waals surface area contributed by atoms with Gasteiger partial charge in [0.2, 0.25) is 5.91 Å². The van der Waals surface area contributed by atoms with E-state index in [-0.39, 0.29) is 17.3 Å². The third-order valence-electron chi connectivity index (χ3n) is 5.02. The van der Waals surface area contributed by atoms with E-state index in [9.17, 15) is 9.59 Å². The van der Waals surface area contributed by atoms with E-state index in [1.54, 1.807) is 10.8 Å².